The fourth-order valence-electron chi connectivity index (χ4n) is 3.56. The summed E-state index contributed by atoms with van der Waals surface area (Å²) in [5, 5.41) is 2.26. The Morgan fingerprint density at radius 3 is 2.62 bits per heavy atom. The molecule has 4 heteroatoms. The van der Waals surface area contributed by atoms with Gasteiger partial charge < -0.3 is 4.98 Å². The third kappa shape index (κ3) is 2.27. The van der Waals surface area contributed by atoms with Crippen molar-refractivity contribution >= 4 is 21.9 Å². The van der Waals surface area contributed by atoms with Gasteiger partial charge in [-0.1, -0.05) is 6.07 Å². The van der Waals surface area contributed by atoms with Gasteiger partial charge in [0.05, 0.1) is 5.52 Å². The first-order chi connectivity index (χ1) is 12.8. The molecule has 4 aromatic heterocycles. The molecule has 1 N–H and O–H groups in total. The summed E-state index contributed by atoms with van der Waals surface area (Å²) in [5.74, 6) is 0. The third-order valence-corrected chi connectivity index (χ3v) is 4.77. The van der Waals surface area contributed by atoms with Crippen LogP contribution in [0.1, 0.15) is 5.56 Å². The first-order valence-corrected chi connectivity index (χ1v) is 8.53. The van der Waals surface area contributed by atoms with Crippen molar-refractivity contribution in [1.82, 2.24) is 19.9 Å². The lowest BCUT2D eigenvalue weighted by Crippen LogP contribution is -1.90. The Labute approximate surface area is 150 Å². The number of aryl methyl sites for hydroxylation is 1. The molecule has 5 rings (SSSR count). The topological polar surface area (TPSA) is 54.5 Å². The standard InChI is InChI=1S/C22H16N4/c1-14-10-16(20-13-26-22-18(20)5-3-8-25-22)11-19-17(6-9-24-21(14)19)15-4-2-7-23-12-15/h2-13H,1H3,(H,25,26). The van der Waals surface area contributed by atoms with E-state index < -0.39 is 0 Å². The molecule has 4 nitrogen and oxygen atoms in total. The van der Waals surface area contributed by atoms with E-state index in [4.69, 9.17) is 0 Å². The fourth-order valence-corrected chi connectivity index (χ4v) is 3.56. The van der Waals surface area contributed by atoms with Crippen LogP contribution in [-0.4, -0.2) is 19.9 Å². The summed E-state index contributed by atoms with van der Waals surface area (Å²) in [5.41, 5.74) is 7.63. The van der Waals surface area contributed by atoms with Crippen molar-refractivity contribution in [3.05, 3.63) is 79.0 Å². The second kappa shape index (κ2) is 5.77. The smallest absolute Gasteiger partial charge is 0.137 e. The number of nitrogens with one attached hydrogen (secondary N) is 1. The van der Waals surface area contributed by atoms with Gasteiger partial charge >= 0.3 is 0 Å². The van der Waals surface area contributed by atoms with Crippen molar-refractivity contribution in [2.45, 2.75) is 6.92 Å². The predicted molar refractivity (Wildman–Crippen MR) is 105 cm³/mol. The second-order valence-corrected chi connectivity index (χ2v) is 6.39. The van der Waals surface area contributed by atoms with Gasteiger partial charge in [0.15, 0.2) is 0 Å². The van der Waals surface area contributed by atoms with E-state index in [-0.39, 0.29) is 0 Å². The number of fused-ring (bicyclic) bond motifs is 2. The van der Waals surface area contributed by atoms with E-state index in [0.717, 1.165) is 49.8 Å². The monoisotopic (exact) mass is 336 g/mol. The summed E-state index contributed by atoms with van der Waals surface area (Å²) in [6.45, 7) is 2.11. The van der Waals surface area contributed by atoms with Gasteiger partial charge in [0.1, 0.15) is 5.65 Å². The normalized spacial score (nSPS) is 11.3. The van der Waals surface area contributed by atoms with Gasteiger partial charge in [-0.05, 0) is 60.0 Å². The van der Waals surface area contributed by atoms with Crippen molar-refractivity contribution in [3.63, 3.8) is 0 Å². The number of benzene rings is 1. The van der Waals surface area contributed by atoms with Crippen molar-refractivity contribution in [3.8, 4) is 22.3 Å². The second-order valence-electron chi connectivity index (χ2n) is 6.39. The number of aromatic nitrogens is 4. The van der Waals surface area contributed by atoms with E-state index in [1.54, 1.807) is 12.4 Å². The molecule has 124 valence electrons. The van der Waals surface area contributed by atoms with Crippen LogP contribution in [-0.2, 0) is 0 Å². The Morgan fingerprint density at radius 2 is 1.73 bits per heavy atom. The van der Waals surface area contributed by atoms with Crippen LogP contribution in [0.25, 0.3) is 44.2 Å². The molecule has 0 aliphatic rings. The molecule has 0 aliphatic heterocycles. The number of hydrogen-bond donors (Lipinski definition) is 1. The quantitative estimate of drug-likeness (QED) is 0.485. The molecule has 0 bridgehead atoms. The molecule has 0 radical (unpaired) electrons. The molecule has 0 aliphatic carbocycles. The van der Waals surface area contributed by atoms with Crippen LogP contribution in [0.4, 0.5) is 0 Å². The first-order valence-electron chi connectivity index (χ1n) is 8.53. The molecule has 26 heavy (non-hydrogen) atoms. The minimum absolute atomic E-state index is 0.902. The van der Waals surface area contributed by atoms with Crippen LogP contribution >= 0.6 is 0 Å². The maximum Gasteiger partial charge on any atom is 0.137 e. The van der Waals surface area contributed by atoms with Crippen LogP contribution in [0.2, 0.25) is 0 Å². The highest BCUT2D eigenvalue weighted by atomic mass is 14.8. The molecule has 0 saturated heterocycles. The molecule has 0 spiro atoms. The van der Waals surface area contributed by atoms with Gasteiger partial charge in [0.2, 0.25) is 0 Å². The van der Waals surface area contributed by atoms with Crippen molar-refractivity contribution in [2.75, 3.05) is 0 Å². The maximum absolute atomic E-state index is 4.61. The Morgan fingerprint density at radius 1 is 0.808 bits per heavy atom. The number of H-pyrrole nitrogens is 1. The lowest BCUT2D eigenvalue weighted by atomic mass is 9.95. The molecule has 0 saturated carbocycles. The number of nitrogens with zero attached hydrogens (tertiary/aromatic N) is 3. The number of pyridine rings is 3. The van der Waals surface area contributed by atoms with E-state index in [1.165, 1.54) is 0 Å². The van der Waals surface area contributed by atoms with Gasteiger partial charge in [0.25, 0.3) is 0 Å². The number of aromatic amines is 1. The number of hydrogen-bond acceptors (Lipinski definition) is 3. The maximum atomic E-state index is 4.61. The Balaban J connectivity index is 1.81. The summed E-state index contributed by atoms with van der Waals surface area (Å²) in [4.78, 5) is 16.5. The highest BCUT2D eigenvalue weighted by molar-refractivity contribution is 6.01. The minimum atomic E-state index is 0.902. The Bertz CT molecular complexity index is 1240. The van der Waals surface area contributed by atoms with Crippen molar-refractivity contribution in [2.24, 2.45) is 0 Å². The zero-order valence-corrected chi connectivity index (χ0v) is 14.3. The summed E-state index contributed by atoms with van der Waals surface area (Å²) in [7, 11) is 0. The summed E-state index contributed by atoms with van der Waals surface area (Å²) >= 11 is 0. The molecule has 5 aromatic rings. The van der Waals surface area contributed by atoms with E-state index in [9.17, 15) is 0 Å². The first kappa shape index (κ1) is 14.8. The van der Waals surface area contributed by atoms with Gasteiger partial charge in [-0.3, -0.25) is 9.97 Å². The van der Waals surface area contributed by atoms with Crippen molar-refractivity contribution < 1.29 is 0 Å². The number of rotatable bonds is 2. The van der Waals surface area contributed by atoms with Gasteiger partial charge in [-0.2, -0.15) is 0 Å². The van der Waals surface area contributed by atoms with Crippen LogP contribution < -0.4 is 0 Å². The lowest BCUT2D eigenvalue weighted by Gasteiger charge is -2.10. The molecule has 1 aromatic carbocycles. The van der Waals surface area contributed by atoms with E-state index in [2.05, 4.69) is 57.2 Å². The third-order valence-electron chi connectivity index (χ3n) is 4.77. The average Bonchev–Trinajstić information content (AvgIpc) is 3.12. The Hall–Kier alpha value is -3.53. The molecular formula is C22H16N4. The highest BCUT2D eigenvalue weighted by Gasteiger charge is 2.12. The predicted octanol–water partition coefficient (Wildman–Crippen LogP) is 5.15. The van der Waals surface area contributed by atoms with Crippen molar-refractivity contribution in [1.29, 1.82) is 0 Å². The Kier molecular flexibility index (Phi) is 3.28. The van der Waals surface area contributed by atoms with E-state index in [0.29, 0.717) is 0 Å². The SMILES string of the molecule is Cc1cc(-c2c[nH]c3ncccc23)cc2c(-c3cccnc3)ccnc12. The van der Waals surface area contributed by atoms with Crippen LogP contribution in [0.5, 0.6) is 0 Å². The zero-order chi connectivity index (χ0) is 17.5. The summed E-state index contributed by atoms with van der Waals surface area (Å²) < 4.78 is 0. The molecule has 0 unspecified atom stereocenters. The van der Waals surface area contributed by atoms with Gasteiger partial charge in [-0.15, -0.1) is 0 Å². The molecular weight excluding hydrogens is 320 g/mol. The highest BCUT2D eigenvalue weighted by Crippen LogP contribution is 2.35. The van der Waals surface area contributed by atoms with Gasteiger partial charge in [0, 0.05) is 52.9 Å². The summed E-state index contributed by atoms with van der Waals surface area (Å²) in [6, 6.07) is 14.6. The zero-order valence-electron chi connectivity index (χ0n) is 14.3. The van der Waals surface area contributed by atoms with Crippen LogP contribution in [0, 0.1) is 6.92 Å². The van der Waals surface area contributed by atoms with E-state index in [1.807, 2.05) is 30.7 Å². The minimum Gasteiger partial charge on any atom is -0.346 e. The largest absolute Gasteiger partial charge is 0.346 e. The molecule has 4 heterocycles. The average molecular weight is 336 g/mol. The molecule has 0 amide bonds. The van der Waals surface area contributed by atoms with Crippen LogP contribution in [0.3, 0.4) is 0 Å². The fraction of sp³-hybridized carbons (Fsp3) is 0.0455. The summed E-state index contributed by atoms with van der Waals surface area (Å²) in [6.07, 6.45) is 9.39. The van der Waals surface area contributed by atoms with Crippen LogP contribution in [0.15, 0.2) is 73.4 Å². The lowest BCUT2D eigenvalue weighted by molar-refractivity contribution is 1.32. The van der Waals surface area contributed by atoms with Gasteiger partial charge in [-0.25, -0.2) is 4.98 Å². The molecule has 0 atom stereocenters. The van der Waals surface area contributed by atoms with E-state index >= 15 is 0 Å². The molecule has 0 fully saturated rings.